The predicted molar refractivity (Wildman–Crippen MR) is 62.5 cm³/mol. The van der Waals surface area contributed by atoms with Gasteiger partial charge in [-0.15, -0.1) is 0 Å². The molecule has 0 aromatic heterocycles. The molecule has 1 unspecified atom stereocenters. The normalized spacial score (nSPS) is 20.6. The molecule has 80 valence electrons. The molecular formula is C12H14O2S. The average Bonchev–Trinajstić information content (AvgIpc) is 2.65. The molecule has 1 aliphatic rings. The van der Waals surface area contributed by atoms with Gasteiger partial charge in [0.25, 0.3) is 0 Å². The van der Waals surface area contributed by atoms with Crippen LogP contribution in [0.1, 0.15) is 5.56 Å². The Hall–Kier alpha value is -0.960. The number of ether oxygens (including phenoxy) is 1. The van der Waals surface area contributed by atoms with Gasteiger partial charge in [-0.1, -0.05) is 12.1 Å². The van der Waals surface area contributed by atoms with Gasteiger partial charge >= 0.3 is 0 Å². The van der Waals surface area contributed by atoms with Gasteiger partial charge in [-0.05, 0) is 24.1 Å². The molecule has 1 aliphatic heterocycles. The maximum atomic E-state index is 11.5. The van der Waals surface area contributed by atoms with Gasteiger partial charge < -0.3 is 4.74 Å². The fraction of sp³-hybridized carbons (Fsp3) is 0.417. The van der Waals surface area contributed by atoms with Gasteiger partial charge in [-0.3, -0.25) is 4.79 Å². The van der Waals surface area contributed by atoms with Crippen LogP contribution in [0.3, 0.4) is 0 Å². The molecule has 2 nitrogen and oxygen atoms in total. The van der Waals surface area contributed by atoms with E-state index in [1.807, 2.05) is 18.2 Å². The second kappa shape index (κ2) is 4.71. The van der Waals surface area contributed by atoms with Crippen LogP contribution in [-0.4, -0.2) is 24.4 Å². The molecule has 1 atom stereocenters. The van der Waals surface area contributed by atoms with Crippen LogP contribution in [0.15, 0.2) is 24.3 Å². The zero-order valence-electron chi connectivity index (χ0n) is 8.73. The summed E-state index contributed by atoms with van der Waals surface area (Å²) >= 11 is 1.74. The van der Waals surface area contributed by atoms with Crippen molar-refractivity contribution in [3.05, 3.63) is 29.8 Å². The first-order valence-corrected chi connectivity index (χ1v) is 6.18. The second-order valence-electron chi connectivity index (χ2n) is 3.73. The second-order valence-corrected chi connectivity index (χ2v) is 4.76. The summed E-state index contributed by atoms with van der Waals surface area (Å²) < 4.78 is 5.16. The Kier molecular flexibility index (Phi) is 3.31. The molecular weight excluding hydrogens is 208 g/mol. The van der Waals surface area contributed by atoms with Crippen molar-refractivity contribution in [2.75, 3.05) is 18.6 Å². The van der Waals surface area contributed by atoms with Crippen LogP contribution >= 0.6 is 11.8 Å². The average molecular weight is 222 g/mol. The topological polar surface area (TPSA) is 26.3 Å². The van der Waals surface area contributed by atoms with Crippen molar-refractivity contribution in [1.82, 2.24) is 0 Å². The van der Waals surface area contributed by atoms with Crippen molar-refractivity contribution in [3.8, 4) is 5.75 Å². The third kappa shape index (κ3) is 2.53. The number of carbonyl (C=O) groups excluding carboxylic acids is 1. The van der Waals surface area contributed by atoms with E-state index in [1.165, 1.54) is 5.56 Å². The number of hydrogen-bond donors (Lipinski definition) is 0. The SMILES string of the molecule is COc1cccc(CC2CSCC2=O)c1. The minimum atomic E-state index is 0.210. The minimum absolute atomic E-state index is 0.210. The number of hydrogen-bond acceptors (Lipinski definition) is 3. The first-order chi connectivity index (χ1) is 7.29. The number of Topliss-reactive ketones (excluding diaryl/α,β-unsaturated/α-hetero) is 1. The summed E-state index contributed by atoms with van der Waals surface area (Å²) in [5, 5.41) is 0. The highest BCUT2D eigenvalue weighted by molar-refractivity contribution is 8.00. The van der Waals surface area contributed by atoms with E-state index in [4.69, 9.17) is 4.74 Å². The Morgan fingerprint density at radius 1 is 1.53 bits per heavy atom. The quantitative estimate of drug-likeness (QED) is 0.784. The number of rotatable bonds is 3. The Morgan fingerprint density at radius 2 is 2.40 bits per heavy atom. The zero-order chi connectivity index (χ0) is 10.7. The number of carbonyl (C=O) groups is 1. The van der Waals surface area contributed by atoms with E-state index in [9.17, 15) is 4.79 Å². The van der Waals surface area contributed by atoms with Gasteiger partial charge in [-0.2, -0.15) is 11.8 Å². The summed E-state index contributed by atoms with van der Waals surface area (Å²) in [5.41, 5.74) is 1.19. The molecule has 0 aliphatic carbocycles. The maximum absolute atomic E-state index is 11.5. The summed E-state index contributed by atoms with van der Waals surface area (Å²) in [7, 11) is 1.66. The number of methoxy groups -OCH3 is 1. The van der Waals surface area contributed by atoms with Gasteiger partial charge in [0.2, 0.25) is 0 Å². The standard InChI is InChI=1S/C12H14O2S/c1-14-11-4-2-3-9(6-11)5-10-7-15-8-12(10)13/h2-4,6,10H,5,7-8H2,1H3. The van der Waals surface area contributed by atoms with E-state index in [0.29, 0.717) is 11.5 Å². The lowest BCUT2D eigenvalue weighted by Gasteiger charge is -2.08. The van der Waals surface area contributed by atoms with Crippen LogP contribution in [0.25, 0.3) is 0 Å². The van der Waals surface area contributed by atoms with Crippen LogP contribution in [0.2, 0.25) is 0 Å². The van der Waals surface area contributed by atoms with E-state index in [0.717, 1.165) is 17.9 Å². The summed E-state index contributed by atoms with van der Waals surface area (Å²) in [6.45, 7) is 0. The van der Waals surface area contributed by atoms with Crippen LogP contribution in [0.4, 0.5) is 0 Å². The molecule has 2 rings (SSSR count). The lowest BCUT2D eigenvalue weighted by molar-refractivity contribution is -0.119. The molecule has 0 N–H and O–H groups in total. The fourth-order valence-corrected chi connectivity index (χ4v) is 2.91. The number of ketones is 1. The van der Waals surface area contributed by atoms with Crippen molar-refractivity contribution in [3.63, 3.8) is 0 Å². The molecule has 1 heterocycles. The van der Waals surface area contributed by atoms with Crippen LogP contribution in [-0.2, 0) is 11.2 Å². The third-order valence-electron chi connectivity index (χ3n) is 2.63. The Labute approximate surface area is 94.0 Å². The number of benzene rings is 1. The summed E-state index contributed by atoms with van der Waals surface area (Å²) in [5.74, 6) is 3.13. The molecule has 0 saturated carbocycles. The molecule has 1 saturated heterocycles. The maximum Gasteiger partial charge on any atom is 0.146 e. The van der Waals surface area contributed by atoms with Gasteiger partial charge in [0.15, 0.2) is 0 Å². The Morgan fingerprint density at radius 3 is 3.07 bits per heavy atom. The fourth-order valence-electron chi connectivity index (χ4n) is 1.77. The van der Waals surface area contributed by atoms with Gasteiger partial charge in [-0.25, -0.2) is 0 Å². The van der Waals surface area contributed by atoms with E-state index in [-0.39, 0.29) is 5.92 Å². The largest absolute Gasteiger partial charge is 0.497 e. The highest BCUT2D eigenvalue weighted by Gasteiger charge is 2.24. The Bertz CT molecular complexity index is 362. The van der Waals surface area contributed by atoms with Gasteiger partial charge in [0.1, 0.15) is 11.5 Å². The van der Waals surface area contributed by atoms with Crippen LogP contribution in [0.5, 0.6) is 5.75 Å². The van der Waals surface area contributed by atoms with Crippen LogP contribution < -0.4 is 4.74 Å². The molecule has 1 fully saturated rings. The highest BCUT2D eigenvalue weighted by atomic mass is 32.2. The predicted octanol–water partition coefficient (Wildman–Crippen LogP) is 2.17. The lowest BCUT2D eigenvalue weighted by atomic mass is 9.98. The van der Waals surface area contributed by atoms with E-state index in [2.05, 4.69) is 6.07 Å². The molecule has 0 amide bonds. The van der Waals surface area contributed by atoms with Crippen molar-refractivity contribution in [2.24, 2.45) is 5.92 Å². The summed E-state index contributed by atoms with van der Waals surface area (Å²) in [4.78, 5) is 11.5. The van der Waals surface area contributed by atoms with E-state index >= 15 is 0 Å². The summed E-state index contributed by atoms with van der Waals surface area (Å²) in [6, 6.07) is 7.96. The van der Waals surface area contributed by atoms with Crippen molar-refractivity contribution >= 4 is 17.5 Å². The van der Waals surface area contributed by atoms with Crippen LogP contribution in [0, 0.1) is 5.92 Å². The molecule has 15 heavy (non-hydrogen) atoms. The highest BCUT2D eigenvalue weighted by Crippen LogP contribution is 2.25. The minimum Gasteiger partial charge on any atom is -0.497 e. The Balaban J connectivity index is 2.06. The lowest BCUT2D eigenvalue weighted by Crippen LogP contribution is -2.13. The van der Waals surface area contributed by atoms with Crippen molar-refractivity contribution in [2.45, 2.75) is 6.42 Å². The van der Waals surface area contributed by atoms with Crippen molar-refractivity contribution in [1.29, 1.82) is 0 Å². The molecule has 1 aromatic rings. The smallest absolute Gasteiger partial charge is 0.146 e. The first-order valence-electron chi connectivity index (χ1n) is 5.03. The van der Waals surface area contributed by atoms with Crippen molar-refractivity contribution < 1.29 is 9.53 Å². The van der Waals surface area contributed by atoms with E-state index in [1.54, 1.807) is 18.9 Å². The monoisotopic (exact) mass is 222 g/mol. The molecule has 1 aromatic carbocycles. The third-order valence-corrected chi connectivity index (χ3v) is 3.76. The molecule has 0 bridgehead atoms. The molecule has 3 heteroatoms. The number of thioether (sulfide) groups is 1. The van der Waals surface area contributed by atoms with E-state index < -0.39 is 0 Å². The van der Waals surface area contributed by atoms with Gasteiger partial charge in [0, 0.05) is 11.7 Å². The summed E-state index contributed by atoms with van der Waals surface area (Å²) in [6.07, 6.45) is 0.850. The zero-order valence-corrected chi connectivity index (χ0v) is 9.55. The first kappa shape index (κ1) is 10.6. The molecule has 0 spiro atoms. The van der Waals surface area contributed by atoms with Gasteiger partial charge in [0.05, 0.1) is 12.9 Å². The molecule has 0 radical (unpaired) electrons.